The van der Waals surface area contributed by atoms with Gasteiger partial charge in [0.25, 0.3) is 15.9 Å². The summed E-state index contributed by atoms with van der Waals surface area (Å²) in [5.41, 5.74) is 4.41. The number of halogens is 1. The van der Waals surface area contributed by atoms with Crippen LogP contribution in [0.15, 0.2) is 99.3 Å². The van der Waals surface area contributed by atoms with Gasteiger partial charge in [0, 0.05) is 5.56 Å². The Morgan fingerprint density at radius 3 is 2.30 bits per heavy atom. The first-order valence-electron chi connectivity index (χ1n) is 12.2. The highest BCUT2D eigenvalue weighted by atomic mass is 32.2. The van der Waals surface area contributed by atoms with Gasteiger partial charge in [-0.25, -0.2) is 23.0 Å². The van der Waals surface area contributed by atoms with Crippen molar-refractivity contribution in [3.05, 3.63) is 108 Å². The number of benzene rings is 3. The van der Waals surface area contributed by atoms with Crippen LogP contribution in [0.4, 0.5) is 10.1 Å². The highest BCUT2D eigenvalue weighted by molar-refractivity contribution is 7.92. The number of rotatable bonds is 10. The number of hydrogen-bond acceptors (Lipinski definition) is 7. The van der Waals surface area contributed by atoms with Crippen molar-refractivity contribution in [3.8, 4) is 11.3 Å². The SMILES string of the molecule is CCOC(=O)c1ccc(-c2ccc(/C=N\NC(=O)CN(c3ccc(F)cc3)S(=O)(=O)c3ccc(C)cc3)o2)cc1. The molecule has 9 nitrogen and oxygen atoms in total. The van der Waals surface area contributed by atoms with Crippen LogP contribution < -0.4 is 9.73 Å². The number of furan rings is 1. The van der Waals surface area contributed by atoms with Gasteiger partial charge in [-0.3, -0.25) is 9.10 Å². The molecule has 11 heteroatoms. The lowest BCUT2D eigenvalue weighted by molar-refractivity contribution is -0.119. The Morgan fingerprint density at radius 1 is 0.975 bits per heavy atom. The lowest BCUT2D eigenvalue weighted by atomic mass is 10.1. The molecule has 0 atom stereocenters. The molecule has 0 unspecified atom stereocenters. The van der Waals surface area contributed by atoms with E-state index in [0.29, 0.717) is 22.6 Å². The standard InChI is InChI=1S/C29H26FN3O6S/c1-3-38-29(35)22-8-6-21(7-9-22)27-17-14-25(39-27)18-31-32-28(34)19-33(24-12-10-23(30)11-13-24)40(36,37)26-15-4-20(2)5-16-26/h4-18H,3,19H2,1-2H3,(H,32,34)/b31-18-. The number of sulfonamides is 1. The number of carbonyl (C=O) groups excluding carboxylic acids is 2. The highest BCUT2D eigenvalue weighted by Crippen LogP contribution is 2.25. The van der Waals surface area contributed by atoms with Gasteiger partial charge < -0.3 is 9.15 Å². The fourth-order valence-corrected chi connectivity index (χ4v) is 5.08. The zero-order chi connectivity index (χ0) is 28.7. The Labute approximate surface area is 230 Å². The molecule has 1 aromatic heterocycles. The number of nitrogens with one attached hydrogen (secondary N) is 1. The van der Waals surface area contributed by atoms with Crippen LogP contribution >= 0.6 is 0 Å². The van der Waals surface area contributed by atoms with Gasteiger partial charge in [0.05, 0.1) is 29.0 Å². The van der Waals surface area contributed by atoms with Crippen molar-refractivity contribution in [3.63, 3.8) is 0 Å². The van der Waals surface area contributed by atoms with E-state index in [2.05, 4.69) is 10.5 Å². The molecule has 0 aliphatic carbocycles. The molecule has 3 aromatic carbocycles. The van der Waals surface area contributed by atoms with Crippen LogP contribution in [0.2, 0.25) is 0 Å². The molecule has 0 saturated heterocycles. The van der Waals surface area contributed by atoms with Gasteiger partial charge in [-0.15, -0.1) is 0 Å². The van der Waals surface area contributed by atoms with Gasteiger partial charge >= 0.3 is 5.97 Å². The molecule has 206 valence electrons. The molecule has 0 saturated carbocycles. The predicted octanol–water partition coefficient (Wildman–Crippen LogP) is 4.92. The van der Waals surface area contributed by atoms with Gasteiger partial charge in [-0.1, -0.05) is 29.8 Å². The van der Waals surface area contributed by atoms with Crippen molar-refractivity contribution >= 4 is 33.8 Å². The Bertz CT molecular complexity index is 1610. The maximum atomic E-state index is 13.5. The summed E-state index contributed by atoms with van der Waals surface area (Å²) in [5, 5.41) is 3.87. The molecule has 0 spiro atoms. The summed E-state index contributed by atoms with van der Waals surface area (Å²) >= 11 is 0. The number of ether oxygens (including phenoxy) is 1. The molecule has 1 N–H and O–H groups in total. The van der Waals surface area contributed by atoms with Crippen molar-refractivity contribution in [2.75, 3.05) is 17.5 Å². The molecule has 0 aliphatic rings. The zero-order valence-electron chi connectivity index (χ0n) is 21.7. The largest absolute Gasteiger partial charge is 0.462 e. The maximum absolute atomic E-state index is 13.5. The van der Waals surface area contributed by atoms with Crippen molar-refractivity contribution in [2.45, 2.75) is 18.7 Å². The van der Waals surface area contributed by atoms with Gasteiger partial charge in [-0.05, 0) is 74.5 Å². The van der Waals surface area contributed by atoms with Gasteiger partial charge in [0.2, 0.25) is 0 Å². The highest BCUT2D eigenvalue weighted by Gasteiger charge is 2.27. The molecular weight excluding hydrogens is 537 g/mol. The number of amides is 1. The van der Waals surface area contributed by atoms with Gasteiger partial charge in [0.15, 0.2) is 0 Å². The molecule has 1 heterocycles. The van der Waals surface area contributed by atoms with Gasteiger partial charge in [0.1, 0.15) is 23.9 Å². The van der Waals surface area contributed by atoms with E-state index in [9.17, 15) is 22.4 Å². The molecule has 1 amide bonds. The zero-order valence-corrected chi connectivity index (χ0v) is 22.5. The molecule has 0 bridgehead atoms. The lowest BCUT2D eigenvalue weighted by Crippen LogP contribution is -2.39. The average molecular weight is 564 g/mol. The number of anilines is 1. The van der Waals surface area contributed by atoms with Crippen LogP contribution in [-0.4, -0.2) is 39.7 Å². The fourth-order valence-electron chi connectivity index (χ4n) is 3.66. The summed E-state index contributed by atoms with van der Waals surface area (Å²) in [7, 11) is -4.14. The van der Waals surface area contributed by atoms with Crippen molar-refractivity contribution in [2.24, 2.45) is 5.10 Å². The Hall–Kier alpha value is -4.77. The number of hydrazone groups is 1. The smallest absolute Gasteiger partial charge is 0.338 e. The number of nitrogens with zero attached hydrogens (tertiary/aromatic N) is 2. The van der Waals surface area contributed by atoms with Crippen LogP contribution in [0, 0.1) is 12.7 Å². The number of carbonyl (C=O) groups is 2. The topological polar surface area (TPSA) is 118 Å². The molecular formula is C29H26FN3O6S. The Kier molecular flexibility index (Phi) is 8.75. The first kappa shape index (κ1) is 28.2. The summed E-state index contributed by atoms with van der Waals surface area (Å²) in [6.45, 7) is 3.24. The van der Waals surface area contributed by atoms with E-state index in [1.54, 1.807) is 55.5 Å². The fraction of sp³-hybridized carbons (Fsp3) is 0.138. The Morgan fingerprint density at radius 2 is 1.65 bits per heavy atom. The van der Waals surface area contributed by atoms with Crippen molar-refractivity contribution in [1.29, 1.82) is 0 Å². The van der Waals surface area contributed by atoms with Crippen molar-refractivity contribution < 1.29 is 31.6 Å². The summed E-state index contributed by atoms with van der Waals surface area (Å²) in [5.74, 6) is -0.847. The molecule has 0 radical (unpaired) electrons. The lowest BCUT2D eigenvalue weighted by Gasteiger charge is -2.23. The van der Waals surface area contributed by atoms with E-state index in [0.717, 1.165) is 22.0 Å². The Balaban J connectivity index is 1.45. The molecule has 0 fully saturated rings. The minimum Gasteiger partial charge on any atom is -0.462 e. The van der Waals surface area contributed by atoms with E-state index >= 15 is 0 Å². The van der Waals surface area contributed by atoms with Crippen LogP contribution in [0.25, 0.3) is 11.3 Å². The van der Waals surface area contributed by atoms with Crippen LogP contribution in [0.3, 0.4) is 0 Å². The predicted molar refractivity (Wildman–Crippen MR) is 148 cm³/mol. The van der Waals surface area contributed by atoms with Gasteiger partial charge in [-0.2, -0.15) is 5.10 Å². The van der Waals surface area contributed by atoms with E-state index in [1.807, 2.05) is 6.92 Å². The van der Waals surface area contributed by atoms with Crippen LogP contribution in [0.5, 0.6) is 0 Å². The monoisotopic (exact) mass is 563 g/mol. The second kappa shape index (κ2) is 12.4. The number of esters is 1. The van der Waals surface area contributed by atoms with E-state index < -0.39 is 34.3 Å². The molecule has 40 heavy (non-hydrogen) atoms. The quantitative estimate of drug-likeness (QED) is 0.166. The first-order valence-corrected chi connectivity index (χ1v) is 13.7. The van der Waals surface area contributed by atoms with E-state index in [-0.39, 0.29) is 17.2 Å². The minimum atomic E-state index is -4.14. The normalized spacial score (nSPS) is 11.4. The molecule has 4 aromatic rings. The number of hydrogen-bond donors (Lipinski definition) is 1. The van der Waals surface area contributed by atoms with E-state index in [4.69, 9.17) is 9.15 Å². The first-order chi connectivity index (χ1) is 19.2. The van der Waals surface area contributed by atoms with Crippen molar-refractivity contribution in [1.82, 2.24) is 5.43 Å². The second-order valence-electron chi connectivity index (χ2n) is 8.59. The van der Waals surface area contributed by atoms with Crippen LogP contribution in [-0.2, 0) is 19.6 Å². The second-order valence-corrected chi connectivity index (χ2v) is 10.5. The summed E-state index contributed by atoms with van der Waals surface area (Å²) < 4.78 is 51.8. The third-order valence-electron chi connectivity index (χ3n) is 5.70. The summed E-state index contributed by atoms with van der Waals surface area (Å²) in [4.78, 5) is 24.5. The number of aryl methyl sites for hydroxylation is 1. The molecule has 0 aliphatic heterocycles. The average Bonchev–Trinajstić information content (AvgIpc) is 3.42. The summed E-state index contributed by atoms with van der Waals surface area (Å²) in [6.07, 6.45) is 1.27. The summed E-state index contributed by atoms with van der Waals surface area (Å²) in [6, 6.07) is 21.0. The van der Waals surface area contributed by atoms with Crippen LogP contribution in [0.1, 0.15) is 28.6 Å². The third-order valence-corrected chi connectivity index (χ3v) is 7.49. The maximum Gasteiger partial charge on any atom is 0.338 e. The third kappa shape index (κ3) is 6.80. The molecule has 4 rings (SSSR count). The van der Waals surface area contributed by atoms with E-state index in [1.165, 1.54) is 30.5 Å². The minimum absolute atomic E-state index is 0.0165.